The lowest BCUT2D eigenvalue weighted by Gasteiger charge is -2.29. The minimum absolute atomic E-state index is 0.0711. The summed E-state index contributed by atoms with van der Waals surface area (Å²) in [6, 6.07) is 11.0. The number of aryl methyl sites for hydroxylation is 5. The first-order valence-electron chi connectivity index (χ1n) is 16.6. The molecule has 262 valence electrons. The van der Waals surface area contributed by atoms with E-state index in [-0.39, 0.29) is 11.5 Å². The van der Waals surface area contributed by atoms with Gasteiger partial charge in [0.1, 0.15) is 23.1 Å². The number of aromatic carboxylic acids is 1. The monoisotopic (exact) mass is 717 g/mol. The lowest BCUT2D eigenvalue weighted by atomic mass is 9.89. The highest BCUT2D eigenvalue weighted by molar-refractivity contribution is 6.34. The van der Waals surface area contributed by atoms with E-state index in [1.165, 1.54) is 4.68 Å². The molecule has 1 aliphatic heterocycles. The standard InChI is InChI=1S/C37H41Cl2N7O4/c1-20-15-25(16-21(2)34(20)39)50-14-7-9-26-27-10-11-29(38)33(32-22(3)40-41-23(32)4)36(27)46(31(26)19-47)13-8-12-44(5)24-17-28(37(48)49)35-30(18-24)42-43-45(35)6/h10-11,15-19,26,31H,7-9,12-14H2,1-6H3,(H,40,41)(H,48,49). The lowest BCUT2D eigenvalue weighted by Crippen LogP contribution is -2.37. The molecule has 2 aromatic heterocycles. The summed E-state index contributed by atoms with van der Waals surface area (Å²) in [6.45, 7) is 9.53. The average molecular weight is 719 g/mol. The van der Waals surface area contributed by atoms with Gasteiger partial charge < -0.3 is 24.4 Å². The summed E-state index contributed by atoms with van der Waals surface area (Å²) in [6.07, 6.45) is 3.21. The van der Waals surface area contributed by atoms with E-state index in [0.717, 1.165) is 80.5 Å². The average Bonchev–Trinajstić information content (AvgIpc) is 3.73. The maximum Gasteiger partial charge on any atom is 0.338 e. The molecule has 0 spiro atoms. The van der Waals surface area contributed by atoms with Gasteiger partial charge in [-0.1, -0.05) is 34.5 Å². The fraction of sp³-hybridized carbons (Fsp3) is 0.378. The predicted octanol–water partition coefficient (Wildman–Crippen LogP) is 7.45. The van der Waals surface area contributed by atoms with Gasteiger partial charge in [-0.05, 0) is 94.0 Å². The van der Waals surface area contributed by atoms with Crippen LogP contribution in [0.5, 0.6) is 5.75 Å². The van der Waals surface area contributed by atoms with Crippen LogP contribution in [0.2, 0.25) is 10.0 Å². The van der Waals surface area contributed by atoms with Gasteiger partial charge in [-0.15, -0.1) is 5.10 Å². The van der Waals surface area contributed by atoms with Crippen molar-refractivity contribution in [3.8, 4) is 16.9 Å². The second-order valence-electron chi connectivity index (χ2n) is 13.1. The number of nitrogens with one attached hydrogen (secondary N) is 1. The molecule has 2 unspecified atom stereocenters. The summed E-state index contributed by atoms with van der Waals surface area (Å²) in [5, 5.41) is 27.0. The summed E-state index contributed by atoms with van der Waals surface area (Å²) in [5.41, 5.74) is 9.38. The third-order valence-electron chi connectivity index (χ3n) is 9.72. The van der Waals surface area contributed by atoms with E-state index in [2.05, 4.69) is 31.5 Å². The second kappa shape index (κ2) is 14.3. The zero-order valence-electron chi connectivity index (χ0n) is 29.0. The third-order valence-corrected chi connectivity index (χ3v) is 10.6. The Balaban J connectivity index is 1.26. The van der Waals surface area contributed by atoms with Gasteiger partial charge >= 0.3 is 5.97 Å². The van der Waals surface area contributed by atoms with Crippen LogP contribution in [0, 0.1) is 27.7 Å². The smallest absolute Gasteiger partial charge is 0.338 e. The van der Waals surface area contributed by atoms with Crippen LogP contribution in [0.25, 0.3) is 22.2 Å². The number of hydrogen-bond acceptors (Lipinski definition) is 8. The highest BCUT2D eigenvalue weighted by atomic mass is 35.5. The first-order valence-corrected chi connectivity index (χ1v) is 17.4. The van der Waals surface area contributed by atoms with E-state index < -0.39 is 12.0 Å². The highest BCUT2D eigenvalue weighted by Crippen LogP contribution is 2.51. The molecule has 0 aliphatic carbocycles. The Kier molecular flexibility index (Phi) is 10.1. The molecule has 5 aromatic rings. The molecule has 1 aliphatic rings. The van der Waals surface area contributed by atoms with E-state index >= 15 is 0 Å². The molecule has 0 saturated heterocycles. The van der Waals surface area contributed by atoms with Crippen molar-refractivity contribution in [2.75, 3.05) is 36.5 Å². The molecule has 0 bridgehead atoms. The first-order chi connectivity index (χ1) is 23.9. The Morgan fingerprint density at radius 2 is 1.82 bits per heavy atom. The van der Waals surface area contributed by atoms with Gasteiger partial charge in [0.15, 0.2) is 0 Å². The number of anilines is 2. The van der Waals surface area contributed by atoms with Crippen LogP contribution in [0.4, 0.5) is 11.4 Å². The van der Waals surface area contributed by atoms with Gasteiger partial charge in [0.2, 0.25) is 0 Å². The van der Waals surface area contributed by atoms with Crippen molar-refractivity contribution >= 4 is 57.9 Å². The summed E-state index contributed by atoms with van der Waals surface area (Å²) >= 11 is 13.3. The Hall–Kier alpha value is -4.61. The van der Waals surface area contributed by atoms with Gasteiger partial charge in [-0.25, -0.2) is 9.48 Å². The van der Waals surface area contributed by atoms with Crippen LogP contribution in [0.15, 0.2) is 36.4 Å². The van der Waals surface area contributed by atoms with E-state index in [1.54, 1.807) is 13.1 Å². The summed E-state index contributed by atoms with van der Waals surface area (Å²) in [5.74, 6) is -0.330. The molecular weight excluding hydrogens is 677 g/mol. The first kappa shape index (κ1) is 35.2. The van der Waals surface area contributed by atoms with Crippen molar-refractivity contribution in [1.82, 2.24) is 25.2 Å². The molecule has 50 heavy (non-hydrogen) atoms. The zero-order chi connectivity index (χ0) is 35.9. The number of aromatic amines is 1. The van der Waals surface area contributed by atoms with Crippen molar-refractivity contribution in [2.24, 2.45) is 7.05 Å². The quantitative estimate of drug-likeness (QED) is 0.0942. The SMILES string of the molecule is Cc1cc(OCCCC2c3ccc(Cl)c(-c4c(C)n[nH]c4C)c3N(CCCN(C)c3cc(C(=O)O)c4c(c3)nnn4C)C2C=O)cc(C)c1Cl. The molecule has 0 fully saturated rings. The summed E-state index contributed by atoms with van der Waals surface area (Å²) in [4.78, 5) is 29.3. The maximum absolute atomic E-state index is 13.0. The molecule has 11 nitrogen and oxygen atoms in total. The molecule has 6 rings (SSSR count). The lowest BCUT2D eigenvalue weighted by molar-refractivity contribution is -0.109. The number of carbonyl (C=O) groups is 2. The minimum Gasteiger partial charge on any atom is -0.494 e. The van der Waals surface area contributed by atoms with Crippen molar-refractivity contribution in [3.63, 3.8) is 0 Å². The Morgan fingerprint density at radius 3 is 2.48 bits per heavy atom. The third kappa shape index (κ3) is 6.52. The summed E-state index contributed by atoms with van der Waals surface area (Å²) < 4.78 is 7.61. The second-order valence-corrected chi connectivity index (χ2v) is 13.9. The number of fused-ring (bicyclic) bond motifs is 2. The molecule has 2 N–H and O–H groups in total. The van der Waals surface area contributed by atoms with Crippen LogP contribution in [0.1, 0.15) is 63.6 Å². The molecule has 3 heterocycles. The Bertz CT molecular complexity index is 2050. The Morgan fingerprint density at radius 1 is 1.08 bits per heavy atom. The number of rotatable bonds is 13. The fourth-order valence-electron chi connectivity index (χ4n) is 7.31. The van der Waals surface area contributed by atoms with E-state index in [9.17, 15) is 14.7 Å². The van der Waals surface area contributed by atoms with E-state index in [1.807, 2.05) is 63.9 Å². The zero-order valence-corrected chi connectivity index (χ0v) is 30.6. The number of carboxylic acid groups (broad SMARTS) is 1. The van der Waals surface area contributed by atoms with Gasteiger partial charge in [-0.3, -0.25) is 5.10 Å². The van der Waals surface area contributed by atoms with E-state index in [0.29, 0.717) is 42.2 Å². The molecule has 13 heteroatoms. The van der Waals surface area contributed by atoms with Crippen molar-refractivity contribution in [3.05, 3.63) is 80.1 Å². The maximum atomic E-state index is 13.0. The number of aromatic nitrogens is 5. The van der Waals surface area contributed by atoms with Crippen LogP contribution >= 0.6 is 23.2 Å². The number of carboxylic acids is 1. The van der Waals surface area contributed by atoms with Crippen LogP contribution in [0.3, 0.4) is 0 Å². The molecular formula is C37H41Cl2N7O4. The highest BCUT2D eigenvalue weighted by Gasteiger charge is 2.40. The van der Waals surface area contributed by atoms with Gasteiger partial charge in [0.05, 0.1) is 34.6 Å². The van der Waals surface area contributed by atoms with Gasteiger partial charge in [0.25, 0.3) is 0 Å². The summed E-state index contributed by atoms with van der Waals surface area (Å²) in [7, 11) is 3.60. The fourth-order valence-corrected chi connectivity index (χ4v) is 7.66. The molecule has 0 saturated carbocycles. The van der Waals surface area contributed by atoms with Gasteiger partial charge in [0, 0.05) is 60.6 Å². The molecule has 2 atom stereocenters. The number of hydrogen-bond donors (Lipinski definition) is 2. The van der Waals surface area contributed by atoms with Gasteiger partial charge in [-0.2, -0.15) is 5.10 Å². The number of halogens is 2. The van der Waals surface area contributed by atoms with Crippen molar-refractivity contribution in [2.45, 2.75) is 58.9 Å². The molecule has 3 aromatic carbocycles. The number of benzene rings is 3. The Labute approximate surface area is 301 Å². The number of aldehydes is 1. The molecule has 0 amide bonds. The van der Waals surface area contributed by atoms with Crippen LogP contribution in [-0.4, -0.2) is 75.3 Å². The topological polar surface area (TPSA) is 129 Å². The number of H-pyrrole nitrogens is 1. The number of carbonyl (C=O) groups excluding carboxylic acids is 1. The number of nitrogens with zero attached hydrogens (tertiary/aromatic N) is 6. The molecule has 0 radical (unpaired) electrons. The minimum atomic E-state index is -1.04. The van der Waals surface area contributed by atoms with Crippen molar-refractivity contribution in [1.29, 1.82) is 0 Å². The van der Waals surface area contributed by atoms with Crippen LogP contribution < -0.4 is 14.5 Å². The van der Waals surface area contributed by atoms with Crippen LogP contribution in [-0.2, 0) is 11.8 Å². The predicted molar refractivity (Wildman–Crippen MR) is 197 cm³/mol. The normalized spacial score (nSPS) is 15.5. The van der Waals surface area contributed by atoms with E-state index in [4.69, 9.17) is 27.9 Å². The number of ether oxygens (including phenoxy) is 1. The largest absolute Gasteiger partial charge is 0.494 e. The van der Waals surface area contributed by atoms with Crippen molar-refractivity contribution < 1.29 is 19.4 Å².